The van der Waals surface area contributed by atoms with Crippen molar-refractivity contribution in [2.75, 3.05) is 18.2 Å². The summed E-state index contributed by atoms with van der Waals surface area (Å²) < 4.78 is 0. The lowest BCUT2D eigenvalue weighted by Gasteiger charge is -2.44. The predicted octanol–water partition coefficient (Wildman–Crippen LogP) is 0.519. The Hall–Kier alpha value is -1.77. The third-order valence-electron chi connectivity index (χ3n) is 5.54. The van der Waals surface area contributed by atoms with E-state index in [9.17, 15) is 14.4 Å². The zero-order chi connectivity index (χ0) is 19.7. The maximum Gasteiger partial charge on any atom is 0.246 e. The molecule has 3 N–H and O–H groups in total. The van der Waals surface area contributed by atoms with Crippen LogP contribution in [0, 0.1) is 0 Å². The molecule has 3 fully saturated rings. The topological polar surface area (TPSA) is 90.5 Å². The zero-order valence-electron chi connectivity index (χ0n) is 15.3. The van der Waals surface area contributed by atoms with E-state index in [4.69, 9.17) is 11.6 Å². The number of piperidine rings is 1. The Morgan fingerprint density at radius 3 is 2.79 bits per heavy atom. The van der Waals surface area contributed by atoms with Crippen LogP contribution in [-0.4, -0.2) is 65.0 Å². The summed E-state index contributed by atoms with van der Waals surface area (Å²) in [7, 11) is 0. The van der Waals surface area contributed by atoms with Crippen LogP contribution in [-0.2, 0) is 20.8 Å². The molecule has 0 aliphatic carbocycles. The van der Waals surface area contributed by atoms with Gasteiger partial charge in [-0.05, 0) is 30.5 Å². The van der Waals surface area contributed by atoms with Gasteiger partial charge in [-0.2, -0.15) is 0 Å². The highest BCUT2D eigenvalue weighted by atomic mass is 35.5. The maximum absolute atomic E-state index is 12.9. The number of halogens is 1. The second-order valence-electron chi connectivity index (χ2n) is 7.44. The van der Waals surface area contributed by atoms with Crippen molar-refractivity contribution >= 4 is 41.1 Å². The lowest BCUT2D eigenvalue weighted by atomic mass is 9.91. The van der Waals surface area contributed by atoms with E-state index in [1.807, 2.05) is 12.1 Å². The van der Waals surface area contributed by atoms with E-state index in [1.54, 1.807) is 28.8 Å². The van der Waals surface area contributed by atoms with Crippen molar-refractivity contribution in [3.8, 4) is 0 Å². The monoisotopic (exact) mass is 422 g/mol. The quantitative estimate of drug-likeness (QED) is 0.658. The fourth-order valence-corrected chi connectivity index (χ4v) is 5.07. The first-order valence-electron chi connectivity index (χ1n) is 9.48. The summed E-state index contributed by atoms with van der Waals surface area (Å²) in [5, 5.41) is 9.69. The second kappa shape index (κ2) is 8.31. The molecule has 9 heteroatoms. The van der Waals surface area contributed by atoms with E-state index in [0.717, 1.165) is 17.2 Å². The first-order chi connectivity index (χ1) is 13.5. The molecule has 0 aromatic heterocycles. The molecule has 0 bridgehead atoms. The van der Waals surface area contributed by atoms with Gasteiger partial charge in [-0.25, -0.2) is 0 Å². The molecule has 4 rings (SSSR count). The van der Waals surface area contributed by atoms with Crippen LogP contribution in [0.2, 0.25) is 5.02 Å². The SMILES string of the molecule is O=C(N[C@H]1CCN2C(=O)[C@@H](Cc3ccc(Cl)cc3)NC(=O)[C@@H]2C1)[C@@H]1CSCN1. The van der Waals surface area contributed by atoms with Crippen molar-refractivity contribution in [2.45, 2.75) is 43.4 Å². The molecule has 0 unspecified atom stereocenters. The number of carbonyl (C=O) groups is 3. The number of amides is 3. The van der Waals surface area contributed by atoms with Gasteiger partial charge in [0.2, 0.25) is 17.7 Å². The average molecular weight is 423 g/mol. The fraction of sp³-hybridized carbons (Fsp3) is 0.526. The summed E-state index contributed by atoms with van der Waals surface area (Å²) in [6.45, 7) is 0.478. The standard InChI is InChI=1S/C19H23ClN4O3S/c20-12-3-1-11(2-4-12)7-14-19(27)24-6-5-13(8-16(24)18(26)23-14)22-17(25)15-9-28-10-21-15/h1-4,13-16,21H,5-10H2,(H,22,25)(H,23,26)/t13-,14+,15-,16-/m0/s1. The molecule has 7 nitrogen and oxygen atoms in total. The minimum absolute atomic E-state index is 0.0217. The summed E-state index contributed by atoms with van der Waals surface area (Å²) >= 11 is 7.61. The van der Waals surface area contributed by atoms with Crippen molar-refractivity contribution in [1.82, 2.24) is 20.9 Å². The van der Waals surface area contributed by atoms with Gasteiger partial charge < -0.3 is 15.5 Å². The number of rotatable bonds is 4. The molecule has 4 atom stereocenters. The van der Waals surface area contributed by atoms with E-state index in [2.05, 4.69) is 16.0 Å². The smallest absolute Gasteiger partial charge is 0.246 e. The van der Waals surface area contributed by atoms with Gasteiger partial charge in [0.1, 0.15) is 12.1 Å². The Balaban J connectivity index is 1.37. The highest BCUT2D eigenvalue weighted by Crippen LogP contribution is 2.24. The number of nitrogens with zero attached hydrogens (tertiary/aromatic N) is 1. The molecule has 150 valence electrons. The summed E-state index contributed by atoms with van der Waals surface area (Å²) in [4.78, 5) is 39.6. The second-order valence-corrected chi connectivity index (χ2v) is 8.91. The Labute approximate surface area is 172 Å². The summed E-state index contributed by atoms with van der Waals surface area (Å²) in [5.74, 6) is 1.32. The maximum atomic E-state index is 12.9. The lowest BCUT2D eigenvalue weighted by Crippen LogP contribution is -2.67. The third kappa shape index (κ3) is 4.14. The largest absolute Gasteiger partial charge is 0.352 e. The van der Waals surface area contributed by atoms with Crippen LogP contribution in [0.25, 0.3) is 0 Å². The number of hydrogen-bond acceptors (Lipinski definition) is 5. The molecule has 1 aromatic rings. The summed E-state index contributed by atoms with van der Waals surface area (Å²) in [5.41, 5.74) is 0.950. The van der Waals surface area contributed by atoms with Gasteiger partial charge in [-0.15, -0.1) is 11.8 Å². The van der Waals surface area contributed by atoms with Gasteiger partial charge in [0.05, 0.1) is 6.04 Å². The summed E-state index contributed by atoms with van der Waals surface area (Å²) in [6.07, 6.45) is 1.56. The van der Waals surface area contributed by atoms with Gasteiger partial charge in [-0.3, -0.25) is 19.7 Å². The van der Waals surface area contributed by atoms with Crippen molar-refractivity contribution in [3.63, 3.8) is 0 Å². The van der Waals surface area contributed by atoms with Crippen LogP contribution in [0.4, 0.5) is 0 Å². The van der Waals surface area contributed by atoms with Gasteiger partial charge in [-0.1, -0.05) is 23.7 Å². The van der Waals surface area contributed by atoms with Crippen molar-refractivity contribution in [3.05, 3.63) is 34.9 Å². The van der Waals surface area contributed by atoms with E-state index in [1.165, 1.54) is 0 Å². The Bertz CT molecular complexity index is 769. The van der Waals surface area contributed by atoms with Crippen LogP contribution >= 0.6 is 23.4 Å². The number of fused-ring (bicyclic) bond motifs is 1. The number of carbonyl (C=O) groups excluding carboxylic acids is 3. The number of nitrogens with one attached hydrogen (secondary N) is 3. The predicted molar refractivity (Wildman–Crippen MR) is 108 cm³/mol. The molecule has 3 amide bonds. The molecular weight excluding hydrogens is 400 g/mol. The van der Waals surface area contributed by atoms with E-state index >= 15 is 0 Å². The molecule has 3 saturated heterocycles. The first kappa shape index (κ1) is 19.5. The highest BCUT2D eigenvalue weighted by molar-refractivity contribution is 7.99. The van der Waals surface area contributed by atoms with Crippen LogP contribution in [0.3, 0.4) is 0 Å². The molecule has 3 heterocycles. The molecule has 28 heavy (non-hydrogen) atoms. The molecule has 3 aliphatic heterocycles. The van der Waals surface area contributed by atoms with Crippen LogP contribution < -0.4 is 16.0 Å². The van der Waals surface area contributed by atoms with E-state index < -0.39 is 12.1 Å². The van der Waals surface area contributed by atoms with Gasteiger partial charge in [0.15, 0.2) is 0 Å². The average Bonchev–Trinajstić information content (AvgIpc) is 3.23. The van der Waals surface area contributed by atoms with E-state index in [0.29, 0.717) is 30.8 Å². The first-order valence-corrected chi connectivity index (χ1v) is 11.0. The van der Waals surface area contributed by atoms with Crippen molar-refractivity contribution in [2.24, 2.45) is 0 Å². The van der Waals surface area contributed by atoms with E-state index in [-0.39, 0.29) is 29.8 Å². The molecule has 0 saturated carbocycles. The number of piperazine rings is 1. The van der Waals surface area contributed by atoms with Crippen LogP contribution in [0.1, 0.15) is 18.4 Å². The van der Waals surface area contributed by atoms with Crippen molar-refractivity contribution in [1.29, 1.82) is 0 Å². The normalized spacial score (nSPS) is 30.0. The van der Waals surface area contributed by atoms with Crippen LogP contribution in [0.5, 0.6) is 0 Å². The minimum atomic E-state index is -0.559. The molecular formula is C19H23ClN4O3S. The summed E-state index contributed by atoms with van der Waals surface area (Å²) in [6, 6.07) is 5.95. The third-order valence-corrected chi connectivity index (χ3v) is 6.73. The highest BCUT2D eigenvalue weighted by Gasteiger charge is 2.44. The Morgan fingerprint density at radius 2 is 2.07 bits per heavy atom. The van der Waals surface area contributed by atoms with Crippen molar-refractivity contribution < 1.29 is 14.4 Å². The number of hydrogen-bond donors (Lipinski definition) is 3. The molecule has 0 radical (unpaired) electrons. The lowest BCUT2D eigenvalue weighted by molar-refractivity contribution is -0.151. The number of benzene rings is 1. The van der Waals surface area contributed by atoms with Crippen LogP contribution in [0.15, 0.2) is 24.3 Å². The van der Waals surface area contributed by atoms with Gasteiger partial charge >= 0.3 is 0 Å². The molecule has 0 spiro atoms. The Morgan fingerprint density at radius 1 is 1.29 bits per heavy atom. The van der Waals surface area contributed by atoms with Gasteiger partial charge in [0.25, 0.3) is 0 Å². The Kier molecular flexibility index (Phi) is 5.80. The zero-order valence-corrected chi connectivity index (χ0v) is 16.9. The molecule has 3 aliphatic rings. The minimum Gasteiger partial charge on any atom is -0.352 e. The fourth-order valence-electron chi connectivity index (χ4n) is 4.00. The number of thioether (sulfide) groups is 1. The molecule has 1 aromatic carbocycles. The van der Waals surface area contributed by atoms with Gasteiger partial charge in [0, 0.05) is 35.7 Å².